The molecule has 2 rings (SSSR count). The summed E-state index contributed by atoms with van der Waals surface area (Å²) in [4.78, 5) is 13.9. The van der Waals surface area contributed by atoms with E-state index in [0.29, 0.717) is 17.2 Å². The Bertz CT molecular complexity index is 548. The maximum Gasteiger partial charge on any atom is 0.382 e. The molecule has 2 N–H and O–H groups in total. The van der Waals surface area contributed by atoms with Crippen LogP contribution in [0.4, 0.5) is 11.5 Å². The molecule has 0 atom stereocenters. The SMILES string of the molecule is Cc1nc([N+](=O)[O-])cn1-c1ccccc1N. The van der Waals surface area contributed by atoms with E-state index in [1.807, 2.05) is 6.07 Å². The number of benzene rings is 1. The summed E-state index contributed by atoms with van der Waals surface area (Å²) in [7, 11) is 0. The largest absolute Gasteiger partial charge is 0.397 e. The van der Waals surface area contributed by atoms with Crippen LogP contribution in [-0.2, 0) is 0 Å². The molecule has 0 unspecified atom stereocenters. The first-order chi connectivity index (χ1) is 7.59. The molecular formula is C10H10N4O2. The zero-order valence-corrected chi connectivity index (χ0v) is 8.62. The van der Waals surface area contributed by atoms with Crippen LogP contribution in [0.1, 0.15) is 5.82 Å². The molecule has 1 aromatic heterocycles. The second kappa shape index (κ2) is 3.65. The van der Waals surface area contributed by atoms with Gasteiger partial charge in [0.1, 0.15) is 6.20 Å². The Morgan fingerprint density at radius 2 is 2.12 bits per heavy atom. The molecule has 1 heterocycles. The van der Waals surface area contributed by atoms with Gasteiger partial charge >= 0.3 is 5.82 Å². The molecule has 0 radical (unpaired) electrons. The van der Waals surface area contributed by atoms with Crippen LogP contribution >= 0.6 is 0 Å². The van der Waals surface area contributed by atoms with Gasteiger partial charge in [-0.1, -0.05) is 12.1 Å². The lowest BCUT2D eigenvalue weighted by Crippen LogP contribution is -1.99. The average molecular weight is 218 g/mol. The number of hydrogen-bond donors (Lipinski definition) is 1. The lowest BCUT2D eigenvalue weighted by molar-refractivity contribution is -0.389. The van der Waals surface area contributed by atoms with Gasteiger partial charge in [-0.15, -0.1) is 0 Å². The molecule has 0 fully saturated rings. The van der Waals surface area contributed by atoms with Crippen LogP contribution in [0.2, 0.25) is 0 Å². The Morgan fingerprint density at radius 3 is 2.69 bits per heavy atom. The van der Waals surface area contributed by atoms with Crippen LogP contribution in [0, 0.1) is 17.0 Å². The smallest absolute Gasteiger partial charge is 0.382 e. The van der Waals surface area contributed by atoms with Crippen molar-refractivity contribution in [2.45, 2.75) is 6.92 Å². The summed E-state index contributed by atoms with van der Waals surface area (Å²) in [6.07, 6.45) is 1.36. The maximum absolute atomic E-state index is 10.6. The van der Waals surface area contributed by atoms with E-state index in [4.69, 9.17) is 5.73 Å². The average Bonchev–Trinajstić information content (AvgIpc) is 2.61. The molecule has 82 valence electrons. The first-order valence-corrected chi connectivity index (χ1v) is 4.65. The highest BCUT2D eigenvalue weighted by atomic mass is 16.6. The van der Waals surface area contributed by atoms with Crippen molar-refractivity contribution in [2.24, 2.45) is 0 Å². The summed E-state index contributed by atoms with van der Waals surface area (Å²) in [6, 6.07) is 7.14. The maximum atomic E-state index is 10.6. The van der Waals surface area contributed by atoms with Crippen LogP contribution in [-0.4, -0.2) is 14.5 Å². The zero-order valence-electron chi connectivity index (χ0n) is 8.62. The highest BCUT2D eigenvalue weighted by Crippen LogP contribution is 2.21. The molecule has 0 aliphatic heterocycles. The Labute approximate surface area is 91.5 Å². The third-order valence-electron chi connectivity index (χ3n) is 2.25. The van der Waals surface area contributed by atoms with Gasteiger partial charge in [0.2, 0.25) is 5.82 Å². The first-order valence-electron chi connectivity index (χ1n) is 4.65. The molecule has 0 saturated heterocycles. The molecule has 0 aliphatic rings. The van der Waals surface area contributed by atoms with Gasteiger partial charge in [0.25, 0.3) is 0 Å². The van der Waals surface area contributed by atoms with Gasteiger partial charge in [0, 0.05) is 6.92 Å². The van der Waals surface area contributed by atoms with Gasteiger partial charge in [0.05, 0.1) is 11.4 Å². The van der Waals surface area contributed by atoms with Gasteiger partial charge in [0.15, 0.2) is 0 Å². The van der Waals surface area contributed by atoms with E-state index in [1.54, 1.807) is 29.7 Å². The summed E-state index contributed by atoms with van der Waals surface area (Å²) in [5.41, 5.74) is 7.04. The van der Waals surface area contributed by atoms with E-state index in [0.717, 1.165) is 0 Å². The number of anilines is 1. The number of aryl methyl sites for hydroxylation is 1. The number of nitrogen functional groups attached to an aromatic ring is 1. The van der Waals surface area contributed by atoms with Crippen LogP contribution in [0.25, 0.3) is 5.69 Å². The van der Waals surface area contributed by atoms with Gasteiger partial charge < -0.3 is 15.8 Å². The Hall–Kier alpha value is -2.37. The number of nitro groups is 1. The summed E-state index contributed by atoms with van der Waals surface area (Å²) in [5.74, 6) is 0.352. The number of aromatic nitrogens is 2. The Balaban J connectivity index is 2.57. The number of nitrogens with two attached hydrogens (primary N) is 1. The minimum Gasteiger partial charge on any atom is -0.397 e. The fourth-order valence-electron chi connectivity index (χ4n) is 1.50. The number of para-hydroxylation sites is 2. The van der Waals surface area contributed by atoms with Gasteiger partial charge in [-0.3, -0.25) is 4.57 Å². The number of imidazole rings is 1. The lowest BCUT2D eigenvalue weighted by atomic mass is 10.2. The molecular weight excluding hydrogens is 208 g/mol. The van der Waals surface area contributed by atoms with Crippen molar-refractivity contribution in [3.8, 4) is 5.69 Å². The van der Waals surface area contributed by atoms with E-state index >= 15 is 0 Å². The van der Waals surface area contributed by atoms with E-state index < -0.39 is 4.92 Å². The van der Waals surface area contributed by atoms with E-state index in [2.05, 4.69) is 4.98 Å². The van der Waals surface area contributed by atoms with E-state index in [9.17, 15) is 10.1 Å². The van der Waals surface area contributed by atoms with Crippen molar-refractivity contribution in [2.75, 3.05) is 5.73 Å². The molecule has 0 spiro atoms. The topological polar surface area (TPSA) is 87.0 Å². The Morgan fingerprint density at radius 1 is 1.44 bits per heavy atom. The van der Waals surface area contributed by atoms with E-state index in [-0.39, 0.29) is 5.82 Å². The molecule has 16 heavy (non-hydrogen) atoms. The van der Waals surface area contributed by atoms with Gasteiger partial charge in [-0.25, -0.2) is 0 Å². The molecule has 6 nitrogen and oxygen atoms in total. The van der Waals surface area contributed by atoms with Crippen molar-refractivity contribution in [1.82, 2.24) is 9.55 Å². The van der Waals surface area contributed by atoms with Crippen LogP contribution < -0.4 is 5.73 Å². The van der Waals surface area contributed by atoms with Crippen LogP contribution in [0.3, 0.4) is 0 Å². The van der Waals surface area contributed by atoms with Crippen molar-refractivity contribution >= 4 is 11.5 Å². The van der Waals surface area contributed by atoms with Crippen molar-refractivity contribution in [3.05, 3.63) is 46.4 Å². The highest BCUT2D eigenvalue weighted by molar-refractivity contribution is 5.58. The zero-order chi connectivity index (χ0) is 11.7. The summed E-state index contributed by atoms with van der Waals surface area (Å²) in [5, 5.41) is 10.6. The fraction of sp³-hybridized carbons (Fsp3) is 0.100. The molecule has 0 saturated carbocycles. The molecule has 0 bridgehead atoms. The number of nitrogens with zero attached hydrogens (tertiary/aromatic N) is 3. The molecule has 2 aromatic rings. The van der Waals surface area contributed by atoms with Gasteiger partial charge in [-0.2, -0.15) is 0 Å². The minimum atomic E-state index is -0.525. The van der Waals surface area contributed by atoms with E-state index in [1.165, 1.54) is 6.20 Å². The third-order valence-corrected chi connectivity index (χ3v) is 2.25. The summed E-state index contributed by atoms with van der Waals surface area (Å²) in [6.45, 7) is 1.69. The molecule has 6 heteroatoms. The standard InChI is InChI=1S/C10H10N4O2/c1-7-12-10(14(15)16)6-13(7)9-5-3-2-4-8(9)11/h2-6H,11H2,1H3. The van der Waals surface area contributed by atoms with Crippen LogP contribution in [0.15, 0.2) is 30.5 Å². The quantitative estimate of drug-likeness (QED) is 0.472. The summed E-state index contributed by atoms with van der Waals surface area (Å²) < 4.78 is 1.60. The summed E-state index contributed by atoms with van der Waals surface area (Å²) >= 11 is 0. The predicted octanol–water partition coefficient (Wildman–Crippen LogP) is 1.67. The second-order valence-electron chi connectivity index (χ2n) is 3.33. The number of rotatable bonds is 2. The molecule has 0 amide bonds. The monoisotopic (exact) mass is 218 g/mol. The minimum absolute atomic E-state index is 0.180. The third kappa shape index (κ3) is 1.60. The van der Waals surface area contributed by atoms with Crippen LogP contribution in [0.5, 0.6) is 0 Å². The predicted molar refractivity (Wildman–Crippen MR) is 59.4 cm³/mol. The normalized spacial score (nSPS) is 10.3. The first kappa shape index (κ1) is 10.2. The molecule has 1 aromatic carbocycles. The van der Waals surface area contributed by atoms with Crippen molar-refractivity contribution in [3.63, 3.8) is 0 Å². The number of hydrogen-bond acceptors (Lipinski definition) is 4. The van der Waals surface area contributed by atoms with Gasteiger partial charge in [-0.05, 0) is 22.0 Å². The fourth-order valence-corrected chi connectivity index (χ4v) is 1.50. The second-order valence-corrected chi connectivity index (χ2v) is 3.33. The van der Waals surface area contributed by atoms with Crippen molar-refractivity contribution < 1.29 is 4.92 Å². The lowest BCUT2D eigenvalue weighted by Gasteiger charge is -2.05. The highest BCUT2D eigenvalue weighted by Gasteiger charge is 2.16. The molecule has 0 aliphatic carbocycles. The Kier molecular flexibility index (Phi) is 2.32. The van der Waals surface area contributed by atoms with Crippen molar-refractivity contribution in [1.29, 1.82) is 0 Å².